The van der Waals surface area contributed by atoms with Crippen LogP contribution in [0.5, 0.6) is 0 Å². The normalized spacial score (nSPS) is 21.0. The van der Waals surface area contributed by atoms with E-state index >= 15 is 0 Å². The predicted octanol–water partition coefficient (Wildman–Crippen LogP) is 7.32. The molecule has 0 aromatic heterocycles. The van der Waals surface area contributed by atoms with Crippen LogP contribution in [0.4, 0.5) is 0 Å². The van der Waals surface area contributed by atoms with E-state index in [1.807, 2.05) is 121 Å². The van der Waals surface area contributed by atoms with Crippen molar-refractivity contribution in [3.63, 3.8) is 0 Å². The third kappa shape index (κ3) is 11.6. The first kappa shape index (κ1) is 39.0. The lowest BCUT2D eigenvalue weighted by molar-refractivity contribution is -0.256. The summed E-state index contributed by atoms with van der Waals surface area (Å²) in [7, 11) is -8.48. The van der Waals surface area contributed by atoms with Crippen molar-refractivity contribution in [3.8, 4) is 0 Å². The predicted molar refractivity (Wildman–Crippen MR) is 194 cm³/mol. The highest BCUT2D eigenvalue weighted by molar-refractivity contribution is 7.98. The zero-order valence-electron chi connectivity index (χ0n) is 29.0. The fraction of sp³-hybridized carbons (Fsp3) is 0.385. The molecular weight excluding hydrogens is 691 g/mol. The van der Waals surface area contributed by atoms with Gasteiger partial charge >= 0.3 is 7.60 Å². The molecule has 0 bridgehead atoms. The second-order valence-corrected chi connectivity index (χ2v) is 16.6. The van der Waals surface area contributed by atoms with Gasteiger partial charge in [0.1, 0.15) is 24.4 Å². The molecule has 0 aliphatic carbocycles. The van der Waals surface area contributed by atoms with E-state index in [0.717, 1.165) is 22.3 Å². The molecule has 5 atom stereocenters. The summed E-state index contributed by atoms with van der Waals surface area (Å²) in [6.45, 7) is 3.89. The minimum atomic E-state index is -4.41. The molecule has 4 aromatic carbocycles. The van der Waals surface area contributed by atoms with Crippen LogP contribution in [0.25, 0.3) is 0 Å². The SMILES string of the molecule is CCOP(=O)(CS(=O)(=O)[C@H]1O[C@H](COCc2ccccc2)[C@@H](OCc2ccccc2)[C@H](OCc2ccccc2)[C@H]1OCc1ccccc1)OCC. The fourth-order valence-corrected chi connectivity index (χ4v) is 10.6. The van der Waals surface area contributed by atoms with Gasteiger partial charge in [-0.25, -0.2) is 8.42 Å². The molecule has 1 heterocycles. The van der Waals surface area contributed by atoms with Gasteiger partial charge in [-0.15, -0.1) is 0 Å². The van der Waals surface area contributed by atoms with E-state index in [2.05, 4.69) is 0 Å². The van der Waals surface area contributed by atoms with Gasteiger partial charge in [0.05, 0.1) is 46.2 Å². The van der Waals surface area contributed by atoms with Crippen LogP contribution in [0.1, 0.15) is 36.1 Å². The van der Waals surface area contributed by atoms with Gasteiger partial charge in [-0.3, -0.25) is 4.57 Å². The van der Waals surface area contributed by atoms with Crippen LogP contribution >= 0.6 is 7.60 Å². The lowest BCUT2D eigenvalue weighted by Crippen LogP contribution is -2.63. The Hall–Kier alpha value is -3.22. The summed E-state index contributed by atoms with van der Waals surface area (Å²) in [5.41, 5.74) is 1.01. The molecule has 0 saturated carbocycles. The summed E-state index contributed by atoms with van der Waals surface area (Å²) in [5.74, 6) is 0. The van der Waals surface area contributed by atoms with Gasteiger partial charge in [0.15, 0.2) is 20.8 Å². The Morgan fingerprint density at radius 1 is 0.569 bits per heavy atom. The van der Waals surface area contributed by atoms with E-state index in [0.29, 0.717) is 0 Å². The van der Waals surface area contributed by atoms with Crippen molar-refractivity contribution in [2.24, 2.45) is 0 Å². The Kier molecular flexibility index (Phi) is 15.0. The van der Waals surface area contributed by atoms with E-state index in [-0.39, 0.29) is 46.2 Å². The third-order valence-electron chi connectivity index (χ3n) is 8.18. The number of hydrogen-bond donors (Lipinski definition) is 0. The lowest BCUT2D eigenvalue weighted by Gasteiger charge is -2.46. The van der Waals surface area contributed by atoms with Crippen LogP contribution in [0, 0.1) is 0 Å². The highest BCUT2D eigenvalue weighted by atomic mass is 32.2. The first-order valence-electron chi connectivity index (χ1n) is 17.1. The average molecular weight is 739 g/mol. The number of sulfone groups is 1. The van der Waals surface area contributed by atoms with Gasteiger partial charge in [-0.1, -0.05) is 121 Å². The van der Waals surface area contributed by atoms with Gasteiger partial charge in [0.2, 0.25) is 0 Å². The Morgan fingerprint density at radius 3 is 1.39 bits per heavy atom. The third-order valence-corrected chi connectivity index (χ3v) is 13.3. The van der Waals surface area contributed by atoms with Crippen molar-refractivity contribution in [1.29, 1.82) is 0 Å². The first-order valence-corrected chi connectivity index (χ1v) is 20.6. The highest BCUT2D eigenvalue weighted by Crippen LogP contribution is 2.50. The van der Waals surface area contributed by atoms with Gasteiger partial charge in [0.25, 0.3) is 0 Å². The molecule has 5 rings (SSSR count). The molecule has 0 N–H and O–H groups in total. The number of rotatable bonds is 20. The molecule has 274 valence electrons. The average Bonchev–Trinajstić information content (AvgIpc) is 3.14. The highest BCUT2D eigenvalue weighted by Gasteiger charge is 2.54. The van der Waals surface area contributed by atoms with Crippen molar-refractivity contribution in [1.82, 2.24) is 0 Å². The van der Waals surface area contributed by atoms with Crippen LogP contribution in [-0.4, -0.2) is 63.6 Å². The molecule has 0 radical (unpaired) electrons. The molecule has 4 aromatic rings. The maximum atomic E-state index is 14.4. The quantitative estimate of drug-likeness (QED) is 0.0855. The molecule has 1 aliphatic heterocycles. The van der Waals surface area contributed by atoms with Crippen molar-refractivity contribution < 1.29 is 45.7 Å². The summed E-state index contributed by atoms with van der Waals surface area (Å²) in [5, 5.41) is 0. The maximum Gasteiger partial charge on any atom is 0.345 e. The standard InChI is InChI=1S/C39H47O10PS/c1-3-47-50(40,48-4-2)30-51(41,42)39-38(46-28-34-23-15-8-16-24-34)37(45-27-33-21-13-7-14-22-33)36(44-26-32-19-11-6-12-20-32)35(49-39)29-43-25-31-17-9-5-10-18-31/h5-24,35-39H,3-4,25-30H2,1-2H3/t35-,36-,37+,38-,39-/m1/s1. The van der Waals surface area contributed by atoms with Gasteiger partial charge in [-0.2, -0.15) is 0 Å². The molecule has 10 nitrogen and oxygen atoms in total. The maximum absolute atomic E-state index is 14.4. The van der Waals surface area contributed by atoms with E-state index in [1.54, 1.807) is 13.8 Å². The van der Waals surface area contributed by atoms with E-state index in [9.17, 15) is 13.0 Å². The first-order chi connectivity index (χ1) is 24.8. The Balaban J connectivity index is 1.54. The molecule has 1 aliphatic rings. The lowest BCUT2D eigenvalue weighted by atomic mass is 9.98. The Labute approximate surface area is 301 Å². The zero-order chi connectivity index (χ0) is 35.9. The second-order valence-electron chi connectivity index (χ2n) is 12.1. The van der Waals surface area contributed by atoms with E-state index in [4.69, 9.17) is 32.7 Å². The topological polar surface area (TPSA) is 116 Å². The van der Waals surface area contributed by atoms with Gasteiger partial charge in [0, 0.05) is 0 Å². The molecule has 1 fully saturated rings. The number of ether oxygens (including phenoxy) is 5. The van der Waals surface area contributed by atoms with Gasteiger partial charge in [-0.05, 0) is 36.1 Å². The van der Waals surface area contributed by atoms with Crippen LogP contribution in [0.15, 0.2) is 121 Å². The second kappa shape index (κ2) is 19.6. The van der Waals surface area contributed by atoms with E-state index < -0.39 is 52.8 Å². The van der Waals surface area contributed by atoms with Crippen molar-refractivity contribution >= 4 is 17.4 Å². The molecule has 12 heteroatoms. The van der Waals surface area contributed by atoms with Crippen LogP contribution in [0.2, 0.25) is 0 Å². The Bertz CT molecular complexity index is 1720. The van der Waals surface area contributed by atoms with Crippen LogP contribution < -0.4 is 0 Å². The zero-order valence-corrected chi connectivity index (χ0v) is 30.7. The van der Waals surface area contributed by atoms with Crippen LogP contribution in [0.3, 0.4) is 0 Å². The molecule has 51 heavy (non-hydrogen) atoms. The summed E-state index contributed by atoms with van der Waals surface area (Å²) in [6.07, 6.45) is -3.92. The molecular formula is C39H47O10PS. The Morgan fingerprint density at radius 2 is 0.961 bits per heavy atom. The van der Waals surface area contributed by atoms with Gasteiger partial charge < -0.3 is 32.7 Å². The fourth-order valence-electron chi connectivity index (χ4n) is 5.84. The number of hydrogen-bond acceptors (Lipinski definition) is 10. The summed E-state index contributed by atoms with van der Waals surface area (Å²) < 4.78 is 85.8. The summed E-state index contributed by atoms with van der Waals surface area (Å²) >= 11 is 0. The van der Waals surface area contributed by atoms with Crippen molar-refractivity contribution in [2.75, 3.05) is 25.3 Å². The number of benzene rings is 4. The molecule has 0 spiro atoms. The minimum Gasteiger partial charge on any atom is -0.374 e. The van der Waals surface area contributed by atoms with Crippen LogP contribution in [-0.2, 0) is 73.6 Å². The minimum absolute atomic E-state index is 0.000417. The van der Waals surface area contributed by atoms with E-state index in [1.165, 1.54) is 0 Å². The molecule has 0 amide bonds. The summed E-state index contributed by atoms with van der Waals surface area (Å²) in [6, 6.07) is 38.3. The smallest absolute Gasteiger partial charge is 0.345 e. The molecule has 0 unspecified atom stereocenters. The van der Waals surface area contributed by atoms with Crippen molar-refractivity contribution in [2.45, 2.75) is 70.1 Å². The molecule has 1 saturated heterocycles. The largest absolute Gasteiger partial charge is 0.374 e. The monoisotopic (exact) mass is 738 g/mol. The van der Waals surface area contributed by atoms with Crippen molar-refractivity contribution in [3.05, 3.63) is 144 Å². The summed E-state index contributed by atoms with van der Waals surface area (Å²) in [4.78, 5) is 0.